The van der Waals surface area contributed by atoms with E-state index in [2.05, 4.69) is 16.7 Å². The molecule has 6 heteroatoms. The lowest BCUT2D eigenvalue weighted by Gasteiger charge is -2.24. The minimum atomic E-state index is -0.314. The van der Waals surface area contributed by atoms with Crippen LogP contribution in [0.1, 0.15) is 36.1 Å². The number of carbonyl (C=O) groups is 1. The number of carbonyl (C=O) groups excluding carboxylic acids is 1. The van der Waals surface area contributed by atoms with Crippen LogP contribution in [0.5, 0.6) is 0 Å². The van der Waals surface area contributed by atoms with E-state index in [9.17, 15) is 4.79 Å². The molecule has 2 atom stereocenters. The van der Waals surface area contributed by atoms with Gasteiger partial charge in [0.1, 0.15) is 0 Å². The molecular formula is C18H18Cl2N2O2. The quantitative estimate of drug-likeness (QED) is 0.520. The monoisotopic (exact) mass is 364 g/mol. The van der Waals surface area contributed by atoms with E-state index in [0.29, 0.717) is 16.5 Å². The summed E-state index contributed by atoms with van der Waals surface area (Å²) in [5, 5.41) is 1.18. The van der Waals surface area contributed by atoms with Crippen molar-refractivity contribution in [2.24, 2.45) is 4.99 Å². The third kappa shape index (κ3) is 4.79. The Morgan fingerprint density at radius 3 is 2.67 bits per heavy atom. The number of nitrogens with zero attached hydrogens (tertiary/aromatic N) is 2. The van der Waals surface area contributed by atoms with Crippen LogP contribution in [0.2, 0.25) is 10.0 Å². The maximum absolute atomic E-state index is 11.6. The molecule has 0 aliphatic heterocycles. The molecule has 0 aliphatic carbocycles. The summed E-state index contributed by atoms with van der Waals surface area (Å²) in [6.45, 7) is 3.70. The fourth-order valence-electron chi connectivity index (χ4n) is 2.61. The minimum absolute atomic E-state index is 0.103. The van der Waals surface area contributed by atoms with E-state index in [4.69, 9.17) is 27.9 Å². The number of methoxy groups -OCH3 is 1. The predicted octanol–water partition coefficient (Wildman–Crippen LogP) is 4.87. The van der Waals surface area contributed by atoms with Crippen molar-refractivity contribution in [3.8, 4) is 0 Å². The first kappa shape index (κ1) is 18.4. The lowest BCUT2D eigenvalue weighted by molar-refractivity contribution is -0.140. The van der Waals surface area contributed by atoms with E-state index >= 15 is 0 Å². The highest BCUT2D eigenvalue weighted by atomic mass is 35.5. The number of rotatable bonds is 7. The average molecular weight is 365 g/mol. The molecule has 2 rings (SSSR count). The number of aliphatic imine (C=N–C) groups is 1. The number of esters is 1. The van der Waals surface area contributed by atoms with Crippen LogP contribution in [-0.4, -0.2) is 24.8 Å². The van der Waals surface area contributed by atoms with Crippen molar-refractivity contribution in [2.45, 2.75) is 24.8 Å². The molecule has 0 fully saturated rings. The Balaban J connectivity index is 2.36. The summed E-state index contributed by atoms with van der Waals surface area (Å²) in [4.78, 5) is 20.2. The van der Waals surface area contributed by atoms with Crippen LogP contribution >= 0.6 is 23.2 Å². The lowest BCUT2D eigenvalue weighted by atomic mass is 9.86. The molecule has 1 aromatic heterocycles. The van der Waals surface area contributed by atoms with E-state index in [1.165, 1.54) is 7.11 Å². The van der Waals surface area contributed by atoms with Gasteiger partial charge in [-0.15, -0.1) is 0 Å². The Morgan fingerprint density at radius 2 is 2.08 bits per heavy atom. The number of pyridine rings is 1. The Bertz CT molecular complexity index is 704. The molecule has 1 heterocycles. The third-order valence-electron chi connectivity index (χ3n) is 3.80. The zero-order valence-electron chi connectivity index (χ0n) is 13.3. The van der Waals surface area contributed by atoms with Crippen LogP contribution in [0.3, 0.4) is 0 Å². The minimum Gasteiger partial charge on any atom is -0.469 e. The van der Waals surface area contributed by atoms with Gasteiger partial charge in [-0.05, 0) is 43.0 Å². The molecular weight excluding hydrogens is 347 g/mol. The maximum atomic E-state index is 11.6. The fraction of sp³-hybridized carbons (Fsp3) is 0.278. The summed E-state index contributed by atoms with van der Waals surface area (Å²) in [6, 6.07) is 10.8. The van der Waals surface area contributed by atoms with Gasteiger partial charge in [0.15, 0.2) is 0 Å². The molecule has 0 radical (unpaired) electrons. The van der Waals surface area contributed by atoms with Crippen molar-refractivity contribution >= 4 is 35.9 Å². The van der Waals surface area contributed by atoms with Gasteiger partial charge < -0.3 is 4.74 Å². The molecule has 0 unspecified atom stereocenters. The van der Waals surface area contributed by atoms with Crippen molar-refractivity contribution < 1.29 is 9.53 Å². The molecule has 2 aromatic rings. The van der Waals surface area contributed by atoms with E-state index in [1.807, 2.05) is 24.3 Å². The molecule has 126 valence electrons. The summed E-state index contributed by atoms with van der Waals surface area (Å²) in [6.07, 6.45) is 2.39. The van der Waals surface area contributed by atoms with E-state index < -0.39 is 0 Å². The maximum Gasteiger partial charge on any atom is 0.305 e. The summed E-state index contributed by atoms with van der Waals surface area (Å²) in [5.74, 6) is -0.372. The van der Waals surface area contributed by atoms with Crippen LogP contribution in [-0.2, 0) is 9.53 Å². The number of hydrogen-bond donors (Lipinski definition) is 0. The highest BCUT2D eigenvalue weighted by Crippen LogP contribution is 2.37. The predicted molar refractivity (Wildman–Crippen MR) is 97.0 cm³/mol. The van der Waals surface area contributed by atoms with E-state index in [0.717, 1.165) is 11.3 Å². The average Bonchev–Trinajstić information content (AvgIpc) is 2.59. The molecule has 1 aromatic carbocycles. The first-order chi connectivity index (χ1) is 11.5. The van der Waals surface area contributed by atoms with Crippen molar-refractivity contribution in [1.82, 2.24) is 4.98 Å². The molecule has 0 saturated carbocycles. The van der Waals surface area contributed by atoms with Gasteiger partial charge in [0.05, 0.1) is 23.9 Å². The molecule has 0 spiro atoms. The molecule has 0 saturated heterocycles. The Hall–Kier alpha value is -1.91. The summed E-state index contributed by atoms with van der Waals surface area (Å²) >= 11 is 12.0. The van der Waals surface area contributed by atoms with Gasteiger partial charge in [0.2, 0.25) is 0 Å². The van der Waals surface area contributed by atoms with Crippen LogP contribution in [0.4, 0.5) is 0 Å². The normalized spacial score (nSPS) is 13.1. The topological polar surface area (TPSA) is 51.5 Å². The zero-order chi connectivity index (χ0) is 17.5. The smallest absolute Gasteiger partial charge is 0.305 e. The standard InChI is InChI=1S/C18H18Cl2N2O2/c1-21-18(16-8-6-14(20)11-22-16)15(7-9-17(23)24-2)12-4-3-5-13(19)10-12/h3-6,8,10-11,15,18H,1,7,9H2,2H3/t15-,18+/m1/s1. The van der Waals surface area contributed by atoms with Crippen molar-refractivity contribution in [3.63, 3.8) is 0 Å². The molecule has 0 bridgehead atoms. The van der Waals surface area contributed by atoms with Crippen molar-refractivity contribution in [2.75, 3.05) is 7.11 Å². The molecule has 24 heavy (non-hydrogen) atoms. The zero-order valence-corrected chi connectivity index (χ0v) is 14.8. The Morgan fingerprint density at radius 1 is 1.29 bits per heavy atom. The van der Waals surface area contributed by atoms with Crippen LogP contribution in [0, 0.1) is 0 Å². The van der Waals surface area contributed by atoms with Crippen LogP contribution < -0.4 is 0 Å². The number of ether oxygens (including phenoxy) is 1. The van der Waals surface area contributed by atoms with Gasteiger partial charge in [0.25, 0.3) is 0 Å². The van der Waals surface area contributed by atoms with Gasteiger partial charge in [-0.2, -0.15) is 0 Å². The number of hydrogen-bond acceptors (Lipinski definition) is 4. The number of benzene rings is 1. The summed E-state index contributed by atoms with van der Waals surface area (Å²) in [7, 11) is 1.38. The van der Waals surface area contributed by atoms with Crippen LogP contribution in [0.15, 0.2) is 47.6 Å². The van der Waals surface area contributed by atoms with Crippen LogP contribution in [0.25, 0.3) is 0 Å². The number of aromatic nitrogens is 1. The Labute approximate surface area is 151 Å². The summed E-state index contributed by atoms with van der Waals surface area (Å²) in [5.41, 5.74) is 1.71. The lowest BCUT2D eigenvalue weighted by Crippen LogP contribution is -2.13. The highest BCUT2D eigenvalue weighted by molar-refractivity contribution is 6.30. The number of halogens is 2. The van der Waals surface area contributed by atoms with Gasteiger partial charge in [0, 0.05) is 23.6 Å². The van der Waals surface area contributed by atoms with Gasteiger partial charge in [-0.1, -0.05) is 35.3 Å². The highest BCUT2D eigenvalue weighted by Gasteiger charge is 2.26. The van der Waals surface area contributed by atoms with Gasteiger partial charge in [-0.3, -0.25) is 14.8 Å². The second-order valence-electron chi connectivity index (χ2n) is 5.31. The van der Waals surface area contributed by atoms with Crippen molar-refractivity contribution in [3.05, 3.63) is 63.9 Å². The first-order valence-corrected chi connectivity index (χ1v) is 8.20. The molecule has 0 N–H and O–H groups in total. The second kappa shape index (κ2) is 8.81. The van der Waals surface area contributed by atoms with Gasteiger partial charge >= 0.3 is 5.97 Å². The van der Waals surface area contributed by atoms with Gasteiger partial charge in [-0.25, -0.2) is 0 Å². The molecule has 4 nitrogen and oxygen atoms in total. The van der Waals surface area contributed by atoms with E-state index in [1.54, 1.807) is 18.3 Å². The third-order valence-corrected chi connectivity index (χ3v) is 4.25. The summed E-state index contributed by atoms with van der Waals surface area (Å²) < 4.78 is 4.75. The van der Waals surface area contributed by atoms with Crippen molar-refractivity contribution in [1.29, 1.82) is 0 Å². The SMILES string of the molecule is C=N[C@H](c1ccc(Cl)cn1)[C@H](CCC(=O)OC)c1cccc(Cl)c1. The molecule has 0 amide bonds. The fourth-order valence-corrected chi connectivity index (χ4v) is 2.92. The second-order valence-corrected chi connectivity index (χ2v) is 6.18. The largest absolute Gasteiger partial charge is 0.469 e. The first-order valence-electron chi connectivity index (χ1n) is 7.44. The van der Waals surface area contributed by atoms with E-state index in [-0.39, 0.29) is 24.3 Å². The Kier molecular flexibility index (Phi) is 6.76. The molecule has 0 aliphatic rings.